The lowest BCUT2D eigenvalue weighted by atomic mass is 10.1. The lowest BCUT2D eigenvalue weighted by Crippen LogP contribution is -2.15. The monoisotopic (exact) mass is 224 g/mol. The summed E-state index contributed by atoms with van der Waals surface area (Å²) in [5.41, 5.74) is 0.502. The Bertz CT molecular complexity index is 331. The van der Waals surface area contributed by atoms with Gasteiger partial charge >= 0.3 is 5.97 Å². The van der Waals surface area contributed by atoms with E-state index < -0.39 is 12.1 Å². The lowest BCUT2D eigenvalue weighted by Gasteiger charge is -2.10. The number of carbonyl (C=O) groups is 1. The molecule has 88 valence electrons. The maximum Gasteiger partial charge on any atom is 0.339 e. The standard InChI is InChI=1S/C12H16O4/c1-3-15-10-7-5-9(6-8-10)11(13)12(14)16-4-2/h5-8,11,13H,3-4H2,1-2H3. The van der Waals surface area contributed by atoms with E-state index >= 15 is 0 Å². The van der Waals surface area contributed by atoms with Crippen molar-refractivity contribution >= 4 is 5.97 Å². The fourth-order valence-corrected chi connectivity index (χ4v) is 1.27. The van der Waals surface area contributed by atoms with Crippen LogP contribution in [0.2, 0.25) is 0 Å². The molecule has 0 spiro atoms. The Hall–Kier alpha value is -1.55. The second-order valence-electron chi connectivity index (χ2n) is 3.16. The molecule has 0 saturated heterocycles. The van der Waals surface area contributed by atoms with Crippen molar-refractivity contribution in [1.82, 2.24) is 0 Å². The molecule has 0 saturated carbocycles. The molecule has 4 heteroatoms. The van der Waals surface area contributed by atoms with Crippen LogP contribution in [0.1, 0.15) is 25.5 Å². The van der Waals surface area contributed by atoms with Crippen molar-refractivity contribution in [1.29, 1.82) is 0 Å². The van der Waals surface area contributed by atoms with Crippen LogP contribution < -0.4 is 4.74 Å². The van der Waals surface area contributed by atoms with E-state index in [-0.39, 0.29) is 6.61 Å². The highest BCUT2D eigenvalue weighted by Gasteiger charge is 2.18. The van der Waals surface area contributed by atoms with Crippen LogP contribution in [0, 0.1) is 0 Å². The van der Waals surface area contributed by atoms with Gasteiger partial charge in [-0.15, -0.1) is 0 Å². The van der Waals surface area contributed by atoms with Crippen molar-refractivity contribution in [2.75, 3.05) is 13.2 Å². The zero-order chi connectivity index (χ0) is 12.0. The van der Waals surface area contributed by atoms with Crippen LogP contribution in [0.4, 0.5) is 0 Å². The first kappa shape index (κ1) is 12.5. The molecule has 0 aliphatic carbocycles. The van der Waals surface area contributed by atoms with Gasteiger partial charge in [-0.05, 0) is 31.5 Å². The average Bonchev–Trinajstić information content (AvgIpc) is 2.30. The van der Waals surface area contributed by atoms with Gasteiger partial charge in [0, 0.05) is 0 Å². The molecule has 1 aromatic rings. The van der Waals surface area contributed by atoms with Crippen LogP contribution in [0.3, 0.4) is 0 Å². The molecular weight excluding hydrogens is 208 g/mol. The highest BCUT2D eigenvalue weighted by Crippen LogP contribution is 2.18. The van der Waals surface area contributed by atoms with Crippen molar-refractivity contribution in [2.24, 2.45) is 0 Å². The van der Waals surface area contributed by atoms with Gasteiger partial charge in [-0.2, -0.15) is 0 Å². The van der Waals surface area contributed by atoms with Crippen LogP contribution in [0.25, 0.3) is 0 Å². The molecule has 0 bridgehead atoms. The maximum atomic E-state index is 11.3. The smallest absolute Gasteiger partial charge is 0.339 e. The predicted molar refractivity (Wildman–Crippen MR) is 59.2 cm³/mol. The number of ether oxygens (including phenoxy) is 2. The van der Waals surface area contributed by atoms with Gasteiger partial charge in [0.15, 0.2) is 6.10 Å². The third-order valence-corrected chi connectivity index (χ3v) is 2.02. The zero-order valence-electron chi connectivity index (χ0n) is 9.47. The van der Waals surface area contributed by atoms with Gasteiger partial charge in [-0.25, -0.2) is 4.79 Å². The lowest BCUT2D eigenvalue weighted by molar-refractivity contribution is -0.153. The normalized spacial score (nSPS) is 11.9. The molecule has 0 heterocycles. The minimum Gasteiger partial charge on any atom is -0.494 e. The summed E-state index contributed by atoms with van der Waals surface area (Å²) >= 11 is 0. The summed E-state index contributed by atoms with van der Waals surface area (Å²) in [4.78, 5) is 11.3. The number of esters is 1. The second kappa shape index (κ2) is 6.12. The van der Waals surface area contributed by atoms with Crippen molar-refractivity contribution in [3.05, 3.63) is 29.8 Å². The molecule has 1 unspecified atom stereocenters. The van der Waals surface area contributed by atoms with Gasteiger partial charge in [0.25, 0.3) is 0 Å². The minimum atomic E-state index is -1.23. The Balaban J connectivity index is 2.69. The fraction of sp³-hybridized carbons (Fsp3) is 0.417. The Morgan fingerprint density at radius 1 is 1.25 bits per heavy atom. The first-order valence-corrected chi connectivity index (χ1v) is 5.26. The summed E-state index contributed by atoms with van der Waals surface area (Å²) in [6, 6.07) is 6.71. The SMILES string of the molecule is CCOC(=O)C(O)c1ccc(OCC)cc1. The van der Waals surface area contributed by atoms with E-state index in [0.717, 1.165) is 0 Å². The summed E-state index contributed by atoms with van der Waals surface area (Å²) in [6.45, 7) is 4.43. The van der Waals surface area contributed by atoms with E-state index in [9.17, 15) is 9.90 Å². The summed E-state index contributed by atoms with van der Waals surface area (Å²) in [6.07, 6.45) is -1.23. The van der Waals surface area contributed by atoms with Gasteiger partial charge in [-0.3, -0.25) is 0 Å². The van der Waals surface area contributed by atoms with E-state index in [1.807, 2.05) is 6.92 Å². The first-order valence-electron chi connectivity index (χ1n) is 5.26. The van der Waals surface area contributed by atoms with Crippen molar-refractivity contribution in [3.63, 3.8) is 0 Å². The van der Waals surface area contributed by atoms with Crippen molar-refractivity contribution in [2.45, 2.75) is 20.0 Å². The molecule has 0 aliphatic heterocycles. The van der Waals surface area contributed by atoms with Gasteiger partial charge in [0.2, 0.25) is 0 Å². The van der Waals surface area contributed by atoms with Crippen LogP contribution in [0.15, 0.2) is 24.3 Å². The average molecular weight is 224 g/mol. The van der Waals surface area contributed by atoms with E-state index in [4.69, 9.17) is 9.47 Å². The molecule has 16 heavy (non-hydrogen) atoms. The highest BCUT2D eigenvalue weighted by molar-refractivity contribution is 5.76. The summed E-state index contributed by atoms with van der Waals surface area (Å²) in [7, 11) is 0. The summed E-state index contributed by atoms with van der Waals surface area (Å²) in [5, 5.41) is 9.63. The molecule has 0 fully saturated rings. The summed E-state index contributed by atoms with van der Waals surface area (Å²) in [5.74, 6) is 0.0777. The van der Waals surface area contributed by atoms with Gasteiger partial charge < -0.3 is 14.6 Å². The Morgan fingerprint density at radius 3 is 2.38 bits per heavy atom. The molecule has 0 aromatic heterocycles. The van der Waals surface area contributed by atoms with E-state index in [1.54, 1.807) is 31.2 Å². The van der Waals surface area contributed by atoms with Gasteiger partial charge in [-0.1, -0.05) is 12.1 Å². The van der Waals surface area contributed by atoms with Crippen LogP contribution in [0.5, 0.6) is 5.75 Å². The molecule has 4 nitrogen and oxygen atoms in total. The van der Waals surface area contributed by atoms with E-state index in [0.29, 0.717) is 17.9 Å². The number of benzene rings is 1. The fourth-order valence-electron chi connectivity index (χ4n) is 1.27. The van der Waals surface area contributed by atoms with Crippen molar-refractivity contribution in [3.8, 4) is 5.75 Å². The topological polar surface area (TPSA) is 55.8 Å². The largest absolute Gasteiger partial charge is 0.494 e. The Kier molecular flexibility index (Phi) is 4.79. The van der Waals surface area contributed by atoms with Crippen LogP contribution >= 0.6 is 0 Å². The molecular formula is C12H16O4. The molecule has 1 aromatic carbocycles. The van der Waals surface area contributed by atoms with E-state index in [2.05, 4.69) is 0 Å². The van der Waals surface area contributed by atoms with Gasteiger partial charge in [0.05, 0.1) is 13.2 Å². The number of carbonyl (C=O) groups excluding carboxylic acids is 1. The third kappa shape index (κ3) is 3.24. The number of aliphatic hydroxyl groups is 1. The third-order valence-electron chi connectivity index (χ3n) is 2.02. The number of rotatable bonds is 5. The Labute approximate surface area is 94.8 Å². The molecule has 1 atom stereocenters. The molecule has 1 rings (SSSR count). The molecule has 0 radical (unpaired) electrons. The number of hydrogen-bond donors (Lipinski definition) is 1. The second-order valence-corrected chi connectivity index (χ2v) is 3.16. The molecule has 0 amide bonds. The predicted octanol–water partition coefficient (Wildman–Crippen LogP) is 1.68. The van der Waals surface area contributed by atoms with E-state index in [1.165, 1.54) is 0 Å². The minimum absolute atomic E-state index is 0.257. The number of aliphatic hydroxyl groups excluding tert-OH is 1. The number of hydrogen-bond acceptors (Lipinski definition) is 4. The quantitative estimate of drug-likeness (QED) is 0.773. The molecule has 1 N–H and O–H groups in total. The van der Waals surface area contributed by atoms with Crippen molar-refractivity contribution < 1.29 is 19.4 Å². The van der Waals surface area contributed by atoms with Crippen LogP contribution in [-0.2, 0) is 9.53 Å². The summed E-state index contributed by atoms with van der Waals surface area (Å²) < 4.78 is 9.97. The Morgan fingerprint density at radius 2 is 1.88 bits per heavy atom. The zero-order valence-corrected chi connectivity index (χ0v) is 9.47. The van der Waals surface area contributed by atoms with Gasteiger partial charge in [0.1, 0.15) is 5.75 Å². The maximum absolute atomic E-state index is 11.3. The first-order chi connectivity index (χ1) is 7.69. The highest BCUT2D eigenvalue weighted by atomic mass is 16.5. The van der Waals surface area contributed by atoms with Crippen LogP contribution in [-0.4, -0.2) is 24.3 Å². The molecule has 0 aliphatic rings.